The number of rotatable bonds is 3. The Morgan fingerprint density at radius 3 is 2.93 bits per heavy atom. The summed E-state index contributed by atoms with van der Waals surface area (Å²) in [5.74, 6) is 3.04. The summed E-state index contributed by atoms with van der Waals surface area (Å²) in [6.45, 7) is 0.432. The van der Waals surface area contributed by atoms with Gasteiger partial charge in [0.15, 0.2) is 0 Å². The number of hydrogen-bond donors (Lipinski definition) is 0. The molecule has 2 nitrogen and oxygen atoms in total. The van der Waals surface area contributed by atoms with Gasteiger partial charge < -0.3 is 4.74 Å². The lowest BCUT2D eigenvalue weighted by Crippen LogP contribution is -1.98. The number of halogens is 1. The molecule has 0 unspecified atom stereocenters. The van der Waals surface area contributed by atoms with Gasteiger partial charge in [0.1, 0.15) is 17.4 Å². The lowest BCUT2D eigenvalue weighted by molar-refractivity contribution is 0.326. The second kappa shape index (κ2) is 5.32. The van der Waals surface area contributed by atoms with Crippen LogP contribution in [0.25, 0.3) is 0 Å². The predicted octanol–water partition coefficient (Wildman–Crippen LogP) is 2.72. The monoisotopic (exact) mass is 249 g/mol. The topological polar surface area (TPSA) is 33.0 Å². The average Bonchev–Trinajstić information content (AvgIpc) is 2.18. The van der Waals surface area contributed by atoms with Crippen molar-refractivity contribution < 1.29 is 4.74 Å². The van der Waals surface area contributed by atoms with Crippen LogP contribution >= 0.6 is 15.9 Å². The van der Waals surface area contributed by atoms with Crippen LogP contribution in [0.4, 0.5) is 0 Å². The molecular formula is C11H8BrNO. The van der Waals surface area contributed by atoms with E-state index in [1.54, 1.807) is 12.1 Å². The van der Waals surface area contributed by atoms with Crippen LogP contribution in [0.1, 0.15) is 12.0 Å². The number of terminal acetylenes is 1. The highest BCUT2D eigenvalue weighted by Gasteiger charge is 2.05. The van der Waals surface area contributed by atoms with Gasteiger partial charge >= 0.3 is 0 Å². The maximum absolute atomic E-state index is 8.86. The maximum atomic E-state index is 8.86. The lowest BCUT2D eigenvalue weighted by atomic mass is 10.2. The average molecular weight is 250 g/mol. The van der Waals surface area contributed by atoms with Gasteiger partial charge in [-0.25, -0.2) is 0 Å². The first-order valence-electron chi connectivity index (χ1n) is 4.04. The van der Waals surface area contributed by atoms with Gasteiger partial charge in [-0.15, -0.1) is 12.3 Å². The van der Waals surface area contributed by atoms with E-state index in [0.717, 1.165) is 4.47 Å². The number of benzene rings is 1. The minimum absolute atomic E-state index is 0.432. The van der Waals surface area contributed by atoms with Crippen LogP contribution in [-0.2, 0) is 0 Å². The molecule has 0 saturated heterocycles. The molecule has 0 fully saturated rings. The molecular weight excluding hydrogens is 242 g/mol. The predicted molar refractivity (Wildman–Crippen MR) is 57.8 cm³/mol. The van der Waals surface area contributed by atoms with Crippen LogP contribution < -0.4 is 4.74 Å². The van der Waals surface area contributed by atoms with Gasteiger partial charge in [0, 0.05) is 10.9 Å². The van der Waals surface area contributed by atoms with E-state index in [1.165, 1.54) is 0 Å². The zero-order chi connectivity index (χ0) is 10.4. The minimum atomic E-state index is 0.432. The van der Waals surface area contributed by atoms with E-state index in [1.807, 2.05) is 6.07 Å². The first-order chi connectivity index (χ1) is 6.79. The number of ether oxygens (including phenoxy) is 1. The van der Waals surface area contributed by atoms with Crippen LogP contribution in [0.15, 0.2) is 22.7 Å². The normalized spacial score (nSPS) is 8.79. The van der Waals surface area contributed by atoms with E-state index in [9.17, 15) is 0 Å². The van der Waals surface area contributed by atoms with Gasteiger partial charge in [-0.05, 0) is 28.1 Å². The molecule has 0 radical (unpaired) electrons. The fourth-order valence-electron chi connectivity index (χ4n) is 0.953. The van der Waals surface area contributed by atoms with E-state index < -0.39 is 0 Å². The van der Waals surface area contributed by atoms with Crippen molar-refractivity contribution in [3.05, 3.63) is 28.2 Å². The number of nitriles is 1. The molecule has 0 N–H and O–H groups in total. The largest absolute Gasteiger partial charge is 0.491 e. The lowest BCUT2D eigenvalue weighted by Gasteiger charge is -2.06. The quantitative estimate of drug-likeness (QED) is 0.610. The van der Waals surface area contributed by atoms with Crippen molar-refractivity contribution in [2.75, 3.05) is 6.61 Å². The third kappa shape index (κ3) is 2.52. The number of nitrogens with zero attached hydrogens (tertiary/aromatic N) is 1. The highest BCUT2D eigenvalue weighted by atomic mass is 79.9. The highest BCUT2D eigenvalue weighted by Crippen LogP contribution is 2.25. The summed E-state index contributed by atoms with van der Waals surface area (Å²) in [5, 5.41) is 8.86. The summed E-state index contributed by atoms with van der Waals surface area (Å²) >= 11 is 3.27. The first kappa shape index (κ1) is 10.6. The van der Waals surface area contributed by atoms with E-state index in [-0.39, 0.29) is 0 Å². The van der Waals surface area contributed by atoms with Gasteiger partial charge in [0.05, 0.1) is 6.61 Å². The molecule has 0 aromatic heterocycles. The SMILES string of the molecule is C#CCCOc1cccc(Br)c1C#N. The Balaban J connectivity index is 2.83. The van der Waals surface area contributed by atoms with Crippen molar-refractivity contribution in [2.45, 2.75) is 6.42 Å². The molecule has 0 heterocycles. The third-order valence-corrected chi connectivity index (χ3v) is 2.25. The summed E-state index contributed by atoms with van der Waals surface area (Å²) in [7, 11) is 0. The van der Waals surface area contributed by atoms with Gasteiger partial charge in [0.25, 0.3) is 0 Å². The van der Waals surface area contributed by atoms with E-state index in [0.29, 0.717) is 24.3 Å². The second-order valence-corrected chi connectivity index (χ2v) is 3.38. The van der Waals surface area contributed by atoms with Crippen molar-refractivity contribution in [3.8, 4) is 24.2 Å². The molecule has 14 heavy (non-hydrogen) atoms. The molecule has 3 heteroatoms. The summed E-state index contributed by atoms with van der Waals surface area (Å²) < 4.78 is 6.09. The molecule has 1 rings (SSSR count). The Morgan fingerprint density at radius 2 is 2.29 bits per heavy atom. The molecule has 70 valence electrons. The van der Waals surface area contributed by atoms with E-state index in [4.69, 9.17) is 16.4 Å². The van der Waals surface area contributed by atoms with Crippen LogP contribution in [0.2, 0.25) is 0 Å². The molecule has 0 bridgehead atoms. The third-order valence-electron chi connectivity index (χ3n) is 1.59. The smallest absolute Gasteiger partial charge is 0.138 e. The molecule has 0 spiro atoms. The van der Waals surface area contributed by atoms with Crippen molar-refractivity contribution in [1.29, 1.82) is 5.26 Å². The van der Waals surface area contributed by atoms with Gasteiger partial charge in [-0.2, -0.15) is 5.26 Å². The zero-order valence-corrected chi connectivity index (χ0v) is 9.04. The summed E-state index contributed by atoms with van der Waals surface area (Å²) in [6.07, 6.45) is 5.63. The van der Waals surface area contributed by atoms with Gasteiger partial charge in [-0.3, -0.25) is 0 Å². The fraction of sp³-hybridized carbons (Fsp3) is 0.182. The molecule has 0 aliphatic rings. The van der Waals surface area contributed by atoms with E-state index >= 15 is 0 Å². The standard InChI is InChI=1S/C11H8BrNO/c1-2-3-7-14-11-6-4-5-10(12)9(11)8-13/h1,4-6H,3,7H2. The fourth-order valence-corrected chi connectivity index (χ4v) is 1.39. The Hall–Kier alpha value is -1.45. The Bertz CT molecular complexity index is 401. The molecule has 0 aliphatic heterocycles. The van der Waals surface area contributed by atoms with Crippen molar-refractivity contribution in [3.63, 3.8) is 0 Å². The first-order valence-corrected chi connectivity index (χ1v) is 4.83. The maximum Gasteiger partial charge on any atom is 0.138 e. The van der Waals surface area contributed by atoms with E-state index in [2.05, 4.69) is 27.9 Å². The molecule has 0 saturated carbocycles. The van der Waals surface area contributed by atoms with Crippen LogP contribution in [-0.4, -0.2) is 6.61 Å². The summed E-state index contributed by atoms with van der Waals surface area (Å²) in [5.41, 5.74) is 0.504. The Morgan fingerprint density at radius 1 is 1.50 bits per heavy atom. The molecule has 1 aromatic rings. The number of hydrogen-bond acceptors (Lipinski definition) is 2. The summed E-state index contributed by atoms with van der Waals surface area (Å²) in [4.78, 5) is 0. The van der Waals surface area contributed by atoms with Crippen LogP contribution in [0.3, 0.4) is 0 Å². The highest BCUT2D eigenvalue weighted by molar-refractivity contribution is 9.10. The zero-order valence-electron chi connectivity index (χ0n) is 7.46. The Kier molecular flexibility index (Phi) is 4.04. The Labute approximate surface area is 91.6 Å². The van der Waals surface area contributed by atoms with Crippen LogP contribution in [0, 0.1) is 23.7 Å². The molecule has 0 aliphatic carbocycles. The van der Waals surface area contributed by atoms with Gasteiger partial charge in [-0.1, -0.05) is 6.07 Å². The second-order valence-electron chi connectivity index (χ2n) is 2.53. The van der Waals surface area contributed by atoms with Gasteiger partial charge in [0.2, 0.25) is 0 Å². The van der Waals surface area contributed by atoms with Crippen molar-refractivity contribution in [2.24, 2.45) is 0 Å². The molecule has 1 aromatic carbocycles. The molecule has 0 amide bonds. The minimum Gasteiger partial charge on any atom is -0.491 e. The van der Waals surface area contributed by atoms with Crippen molar-refractivity contribution in [1.82, 2.24) is 0 Å². The van der Waals surface area contributed by atoms with Crippen molar-refractivity contribution >= 4 is 15.9 Å². The summed E-state index contributed by atoms with van der Waals surface area (Å²) in [6, 6.07) is 7.43. The molecule has 0 atom stereocenters. The van der Waals surface area contributed by atoms with Crippen LogP contribution in [0.5, 0.6) is 5.75 Å².